The number of hydrogen-bond donors (Lipinski definition) is 1. The topological polar surface area (TPSA) is 77.6 Å². The van der Waals surface area contributed by atoms with E-state index in [2.05, 4.69) is 26.9 Å². The normalized spacial score (nSPS) is 10.8. The highest BCUT2D eigenvalue weighted by Gasteiger charge is 2.08. The van der Waals surface area contributed by atoms with E-state index in [0.717, 1.165) is 29.4 Å². The van der Waals surface area contributed by atoms with Gasteiger partial charge in [0.05, 0.1) is 5.52 Å². The van der Waals surface area contributed by atoms with Crippen LogP contribution in [0.2, 0.25) is 0 Å². The first-order valence-electron chi connectivity index (χ1n) is 6.63. The monoisotopic (exact) mass is 265 g/mol. The van der Waals surface area contributed by atoms with Gasteiger partial charge in [0.2, 0.25) is 5.95 Å². The van der Waals surface area contributed by atoms with Gasteiger partial charge < -0.3 is 5.73 Å². The minimum absolute atomic E-state index is 0.244. The molecule has 5 nitrogen and oxygen atoms in total. The molecule has 0 fully saturated rings. The van der Waals surface area contributed by atoms with E-state index >= 15 is 0 Å². The van der Waals surface area contributed by atoms with E-state index in [0.29, 0.717) is 11.6 Å². The first kappa shape index (κ1) is 12.5. The molecule has 0 unspecified atom stereocenters. The molecule has 1 aromatic carbocycles. The number of pyridine rings is 1. The molecular weight excluding hydrogens is 250 g/mol. The van der Waals surface area contributed by atoms with Gasteiger partial charge in [-0.05, 0) is 18.6 Å². The summed E-state index contributed by atoms with van der Waals surface area (Å²) >= 11 is 0. The summed E-state index contributed by atoms with van der Waals surface area (Å²) in [6, 6.07) is 11.9. The van der Waals surface area contributed by atoms with Crippen molar-refractivity contribution in [2.75, 3.05) is 5.73 Å². The van der Waals surface area contributed by atoms with Gasteiger partial charge in [0.15, 0.2) is 5.82 Å². The standard InChI is InChI=1S/C15H15N5/c1-2-5-13-18-14(20-15(16)19-13)12-9-8-10-6-3-4-7-11(10)17-12/h3-4,6-9H,2,5H2,1H3,(H2,16,18,19,20). The Morgan fingerprint density at radius 2 is 1.80 bits per heavy atom. The molecule has 100 valence electrons. The average Bonchev–Trinajstić information content (AvgIpc) is 2.46. The van der Waals surface area contributed by atoms with Crippen LogP contribution < -0.4 is 5.73 Å². The van der Waals surface area contributed by atoms with Crippen LogP contribution >= 0.6 is 0 Å². The number of anilines is 1. The van der Waals surface area contributed by atoms with Gasteiger partial charge in [-0.2, -0.15) is 9.97 Å². The number of hydrogen-bond acceptors (Lipinski definition) is 5. The Hall–Kier alpha value is -2.56. The van der Waals surface area contributed by atoms with Gasteiger partial charge in [-0.1, -0.05) is 31.2 Å². The third-order valence-corrected chi connectivity index (χ3v) is 3.00. The van der Waals surface area contributed by atoms with Gasteiger partial charge in [-0.25, -0.2) is 9.97 Å². The third-order valence-electron chi connectivity index (χ3n) is 3.00. The number of aryl methyl sites for hydroxylation is 1. The van der Waals surface area contributed by atoms with Gasteiger partial charge in [-0.3, -0.25) is 0 Å². The number of fused-ring (bicyclic) bond motifs is 1. The van der Waals surface area contributed by atoms with Gasteiger partial charge in [0.25, 0.3) is 0 Å². The second kappa shape index (κ2) is 5.21. The van der Waals surface area contributed by atoms with Crippen molar-refractivity contribution >= 4 is 16.9 Å². The van der Waals surface area contributed by atoms with Gasteiger partial charge in [-0.15, -0.1) is 0 Å². The van der Waals surface area contributed by atoms with Crippen LogP contribution in [0.5, 0.6) is 0 Å². The Labute approximate surface area is 116 Å². The Morgan fingerprint density at radius 1 is 0.950 bits per heavy atom. The highest BCUT2D eigenvalue weighted by atomic mass is 15.1. The first-order chi connectivity index (χ1) is 9.76. The second-order valence-electron chi connectivity index (χ2n) is 4.57. The average molecular weight is 265 g/mol. The quantitative estimate of drug-likeness (QED) is 0.787. The zero-order valence-electron chi connectivity index (χ0n) is 11.2. The van der Waals surface area contributed by atoms with E-state index < -0.39 is 0 Å². The lowest BCUT2D eigenvalue weighted by molar-refractivity contribution is 0.823. The summed E-state index contributed by atoms with van der Waals surface area (Å²) in [6.45, 7) is 2.08. The van der Waals surface area contributed by atoms with Crippen molar-refractivity contribution in [3.05, 3.63) is 42.2 Å². The Balaban J connectivity index is 2.10. The maximum Gasteiger partial charge on any atom is 0.223 e. The molecule has 2 N–H and O–H groups in total. The predicted molar refractivity (Wildman–Crippen MR) is 79.0 cm³/mol. The number of benzene rings is 1. The lowest BCUT2D eigenvalue weighted by Crippen LogP contribution is -2.05. The third kappa shape index (κ3) is 2.42. The number of nitrogens with zero attached hydrogens (tertiary/aromatic N) is 4. The lowest BCUT2D eigenvalue weighted by atomic mass is 10.2. The number of rotatable bonds is 3. The Kier molecular flexibility index (Phi) is 3.25. The van der Waals surface area contributed by atoms with Crippen molar-refractivity contribution in [2.24, 2.45) is 0 Å². The minimum atomic E-state index is 0.244. The molecule has 3 aromatic rings. The molecule has 20 heavy (non-hydrogen) atoms. The zero-order chi connectivity index (χ0) is 13.9. The van der Waals surface area contributed by atoms with E-state index in [1.54, 1.807) is 0 Å². The van der Waals surface area contributed by atoms with Gasteiger partial charge in [0.1, 0.15) is 11.5 Å². The molecule has 0 aliphatic rings. The highest BCUT2D eigenvalue weighted by molar-refractivity contribution is 5.80. The van der Waals surface area contributed by atoms with Crippen molar-refractivity contribution in [3.8, 4) is 11.5 Å². The van der Waals surface area contributed by atoms with Gasteiger partial charge >= 0.3 is 0 Å². The van der Waals surface area contributed by atoms with Crippen LogP contribution in [0.3, 0.4) is 0 Å². The number of para-hydroxylation sites is 1. The summed E-state index contributed by atoms with van der Waals surface area (Å²) in [7, 11) is 0. The summed E-state index contributed by atoms with van der Waals surface area (Å²) in [4.78, 5) is 17.3. The zero-order valence-corrected chi connectivity index (χ0v) is 11.2. The smallest absolute Gasteiger partial charge is 0.223 e. The Morgan fingerprint density at radius 3 is 2.65 bits per heavy atom. The van der Waals surface area contributed by atoms with Crippen molar-refractivity contribution in [2.45, 2.75) is 19.8 Å². The van der Waals surface area contributed by atoms with E-state index in [-0.39, 0.29) is 5.95 Å². The molecule has 0 aliphatic carbocycles. The fraction of sp³-hybridized carbons (Fsp3) is 0.200. The van der Waals surface area contributed by atoms with Gasteiger partial charge in [0, 0.05) is 11.8 Å². The number of nitrogen functional groups attached to an aromatic ring is 1. The fourth-order valence-corrected chi connectivity index (χ4v) is 2.08. The largest absolute Gasteiger partial charge is 0.368 e. The maximum absolute atomic E-state index is 5.75. The van der Waals surface area contributed by atoms with E-state index in [4.69, 9.17) is 5.73 Å². The molecule has 5 heteroatoms. The Bertz CT molecular complexity index is 754. The number of aromatic nitrogens is 4. The second-order valence-corrected chi connectivity index (χ2v) is 4.57. The van der Waals surface area contributed by atoms with Crippen LogP contribution in [0.1, 0.15) is 19.2 Å². The molecule has 0 saturated heterocycles. The molecule has 0 saturated carbocycles. The molecule has 3 rings (SSSR count). The van der Waals surface area contributed by atoms with Crippen molar-refractivity contribution in [1.29, 1.82) is 0 Å². The SMILES string of the molecule is CCCc1nc(N)nc(-c2ccc3ccccc3n2)n1. The van der Waals surface area contributed by atoms with Crippen LogP contribution in [0.25, 0.3) is 22.4 Å². The maximum atomic E-state index is 5.75. The lowest BCUT2D eigenvalue weighted by Gasteiger charge is -2.05. The summed E-state index contributed by atoms with van der Waals surface area (Å²) in [5.74, 6) is 1.49. The fourth-order valence-electron chi connectivity index (χ4n) is 2.08. The summed E-state index contributed by atoms with van der Waals surface area (Å²) in [5, 5.41) is 1.09. The molecule has 0 bridgehead atoms. The molecule has 0 radical (unpaired) electrons. The van der Waals surface area contributed by atoms with Crippen molar-refractivity contribution in [1.82, 2.24) is 19.9 Å². The molecular formula is C15H15N5. The molecule has 0 amide bonds. The predicted octanol–water partition coefficient (Wildman–Crippen LogP) is 2.62. The number of nitrogens with two attached hydrogens (primary N) is 1. The highest BCUT2D eigenvalue weighted by Crippen LogP contribution is 2.18. The van der Waals surface area contributed by atoms with Crippen LogP contribution in [0.4, 0.5) is 5.95 Å². The van der Waals surface area contributed by atoms with E-state index in [1.165, 1.54) is 0 Å². The van der Waals surface area contributed by atoms with Crippen LogP contribution in [-0.2, 0) is 6.42 Å². The summed E-state index contributed by atoms with van der Waals surface area (Å²) in [6.07, 6.45) is 1.75. The molecule has 0 spiro atoms. The minimum Gasteiger partial charge on any atom is -0.368 e. The van der Waals surface area contributed by atoms with Crippen LogP contribution in [0.15, 0.2) is 36.4 Å². The van der Waals surface area contributed by atoms with Crippen LogP contribution in [-0.4, -0.2) is 19.9 Å². The summed E-state index contributed by atoms with van der Waals surface area (Å²) < 4.78 is 0. The first-order valence-corrected chi connectivity index (χ1v) is 6.63. The molecule has 0 aliphatic heterocycles. The van der Waals surface area contributed by atoms with E-state index in [1.807, 2.05) is 36.4 Å². The van der Waals surface area contributed by atoms with Crippen molar-refractivity contribution in [3.63, 3.8) is 0 Å². The molecule has 2 heterocycles. The van der Waals surface area contributed by atoms with E-state index in [9.17, 15) is 0 Å². The van der Waals surface area contributed by atoms with Crippen molar-refractivity contribution < 1.29 is 0 Å². The summed E-state index contributed by atoms with van der Waals surface area (Å²) in [5.41, 5.74) is 7.39. The van der Waals surface area contributed by atoms with Crippen LogP contribution in [0, 0.1) is 0 Å². The molecule has 0 atom stereocenters. The molecule has 2 aromatic heterocycles.